The van der Waals surface area contributed by atoms with Crippen LogP contribution in [0.1, 0.15) is 30.1 Å². The van der Waals surface area contributed by atoms with Crippen LogP contribution in [0, 0.1) is 0 Å². The van der Waals surface area contributed by atoms with Gasteiger partial charge in [-0.15, -0.1) is 0 Å². The number of amides is 1. The predicted molar refractivity (Wildman–Crippen MR) is 79.4 cm³/mol. The second kappa shape index (κ2) is 7.45. The van der Waals surface area contributed by atoms with Crippen molar-refractivity contribution >= 4 is 23.3 Å². The average molecular weight is 298 g/mol. The summed E-state index contributed by atoms with van der Waals surface area (Å²) in [6.07, 6.45) is 1.85. The first-order chi connectivity index (χ1) is 9.70. The molecule has 1 aliphatic rings. The number of nitrogens with zero attached hydrogens (tertiary/aromatic N) is 2. The molecule has 2 heterocycles. The van der Waals surface area contributed by atoms with E-state index in [1.54, 1.807) is 12.1 Å². The number of hydrogen-bond donors (Lipinski definition) is 1. The molecule has 0 radical (unpaired) electrons. The Balaban J connectivity index is 2.13. The summed E-state index contributed by atoms with van der Waals surface area (Å²) in [5, 5.41) is 3.49. The fourth-order valence-electron chi connectivity index (χ4n) is 2.10. The molecule has 0 aromatic carbocycles. The van der Waals surface area contributed by atoms with E-state index in [4.69, 9.17) is 16.3 Å². The van der Waals surface area contributed by atoms with E-state index in [0.29, 0.717) is 36.3 Å². The number of nitrogens with one attached hydrogen (secondary N) is 1. The molecular weight excluding hydrogens is 278 g/mol. The van der Waals surface area contributed by atoms with Crippen molar-refractivity contribution in [2.24, 2.45) is 0 Å². The van der Waals surface area contributed by atoms with Gasteiger partial charge in [-0.3, -0.25) is 4.79 Å². The zero-order chi connectivity index (χ0) is 14.4. The number of halogens is 1. The second-order valence-electron chi connectivity index (χ2n) is 4.75. The van der Waals surface area contributed by atoms with Crippen molar-refractivity contribution in [1.29, 1.82) is 0 Å². The smallest absolute Gasteiger partial charge is 0.254 e. The van der Waals surface area contributed by atoms with Crippen LogP contribution in [0.25, 0.3) is 0 Å². The molecule has 0 atom stereocenters. The van der Waals surface area contributed by atoms with Gasteiger partial charge in [-0.25, -0.2) is 4.98 Å². The second-order valence-corrected chi connectivity index (χ2v) is 5.14. The monoisotopic (exact) mass is 297 g/mol. The minimum atomic E-state index is -0.0145. The van der Waals surface area contributed by atoms with Crippen molar-refractivity contribution in [3.63, 3.8) is 0 Å². The van der Waals surface area contributed by atoms with Gasteiger partial charge in [-0.1, -0.05) is 18.5 Å². The van der Waals surface area contributed by atoms with E-state index in [0.717, 1.165) is 25.9 Å². The lowest BCUT2D eigenvalue weighted by atomic mass is 10.2. The van der Waals surface area contributed by atoms with Gasteiger partial charge in [-0.05, 0) is 25.0 Å². The van der Waals surface area contributed by atoms with E-state index in [1.807, 2.05) is 4.90 Å². The molecule has 110 valence electrons. The van der Waals surface area contributed by atoms with Crippen molar-refractivity contribution in [3.8, 4) is 0 Å². The number of anilines is 1. The molecule has 0 saturated carbocycles. The van der Waals surface area contributed by atoms with E-state index in [2.05, 4.69) is 17.2 Å². The standard InChI is InChI=1S/C14H20ClN3O2/c1-2-4-16-13-10-11(9-12(15)17-13)14(19)18-5-3-7-20-8-6-18/h9-10H,2-8H2,1H3,(H,16,17). The zero-order valence-corrected chi connectivity index (χ0v) is 12.4. The quantitative estimate of drug-likeness (QED) is 0.867. The highest BCUT2D eigenvalue weighted by Gasteiger charge is 2.18. The molecule has 0 spiro atoms. The summed E-state index contributed by atoms with van der Waals surface area (Å²) in [6.45, 7) is 5.52. The summed E-state index contributed by atoms with van der Waals surface area (Å²) >= 11 is 6.00. The molecule has 20 heavy (non-hydrogen) atoms. The number of carbonyl (C=O) groups is 1. The zero-order valence-electron chi connectivity index (χ0n) is 11.7. The third-order valence-electron chi connectivity index (χ3n) is 3.11. The Morgan fingerprint density at radius 1 is 1.45 bits per heavy atom. The molecule has 2 rings (SSSR count). The van der Waals surface area contributed by atoms with Crippen LogP contribution < -0.4 is 5.32 Å². The summed E-state index contributed by atoms with van der Waals surface area (Å²) < 4.78 is 5.37. The number of rotatable bonds is 4. The van der Waals surface area contributed by atoms with E-state index >= 15 is 0 Å². The van der Waals surface area contributed by atoms with Gasteiger partial charge in [0.1, 0.15) is 11.0 Å². The average Bonchev–Trinajstić information content (AvgIpc) is 2.72. The number of aromatic nitrogens is 1. The molecule has 5 nitrogen and oxygen atoms in total. The topological polar surface area (TPSA) is 54.5 Å². The van der Waals surface area contributed by atoms with Crippen LogP contribution in [-0.4, -0.2) is 48.6 Å². The molecule has 0 aliphatic carbocycles. The Morgan fingerprint density at radius 2 is 2.30 bits per heavy atom. The fourth-order valence-corrected chi connectivity index (χ4v) is 2.30. The van der Waals surface area contributed by atoms with Gasteiger partial charge in [-0.2, -0.15) is 0 Å². The van der Waals surface area contributed by atoms with Crippen LogP contribution >= 0.6 is 11.6 Å². The van der Waals surface area contributed by atoms with Crippen molar-refractivity contribution in [3.05, 3.63) is 22.8 Å². The molecule has 1 amide bonds. The Labute approximate surface area is 124 Å². The number of pyridine rings is 1. The largest absolute Gasteiger partial charge is 0.380 e. The normalized spacial score (nSPS) is 15.8. The molecule has 0 unspecified atom stereocenters. The van der Waals surface area contributed by atoms with Gasteiger partial charge in [0.2, 0.25) is 0 Å². The first-order valence-corrected chi connectivity index (χ1v) is 7.37. The molecule has 1 saturated heterocycles. The van der Waals surface area contributed by atoms with Gasteiger partial charge in [0.25, 0.3) is 5.91 Å². The molecule has 1 aromatic heterocycles. The van der Waals surface area contributed by atoms with Crippen molar-refractivity contribution < 1.29 is 9.53 Å². The Kier molecular flexibility index (Phi) is 5.61. The van der Waals surface area contributed by atoms with Crippen LogP contribution in [0.4, 0.5) is 5.82 Å². The van der Waals surface area contributed by atoms with Crippen molar-refractivity contribution in [2.45, 2.75) is 19.8 Å². The molecule has 0 bridgehead atoms. The number of ether oxygens (including phenoxy) is 1. The predicted octanol–water partition coefficient (Wildman–Crippen LogP) is 2.42. The highest BCUT2D eigenvalue weighted by Crippen LogP contribution is 2.17. The number of hydrogen-bond acceptors (Lipinski definition) is 4. The SMILES string of the molecule is CCCNc1cc(C(=O)N2CCCOCC2)cc(Cl)n1. The molecular formula is C14H20ClN3O2. The molecule has 1 aliphatic heterocycles. The van der Waals surface area contributed by atoms with E-state index in [9.17, 15) is 4.79 Å². The Bertz CT molecular complexity index is 460. The van der Waals surface area contributed by atoms with Crippen LogP contribution in [-0.2, 0) is 4.74 Å². The third-order valence-corrected chi connectivity index (χ3v) is 3.30. The summed E-state index contributed by atoms with van der Waals surface area (Å²) in [5.41, 5.74) is 0.575. The van der Waals surface area contributed by atoms with Crippen LogP contribution in [0.3, 0.4) is 0 Å². The van der Waals surface area contributed by atoms with Gasteiger partial charge in [0.05, 0.1) is 6.61 Å². The van der Waals surface area contributed by atoms with Crippen molar-refractivity contribution in [1.82, 2.24) is 9.88 Å². The summed E-state index contributed by atoms with van der Waals surface area (Å²) in [4.78, 5) is 18.5. The first kappa shape index (κ1) is 15.1. The van der Waals surface area contributed by atoms with Gasteiger partial charge >= 0.3 is 0 Å². The summed E-state index contributed by atoms with van der Waals surface area (Å²) in [7, 11) is 0. The maximum Gasteiger partial charge on any atom is 0.254 e. The van der Waals surface area contributed by atoms with E-state index < -0.39 is 0 Å². The number of carbonyl (C=O) groups excluding carboxylic acids is 1. The molecule has 1 aromatic rings. The van der Waals surface area contributed by atoms with Crippen LogP contribution in [0.2, 0.25) is 5.15 Å². The maximum absolute atomic E-state index is 12.5. The lowest BCUT2D eigenvalue weighted by molar-refractivity contribution is 0.0741. The fraction of sp³-hybridized carbons (Fsp3) is 0.571. The minimum Gasteiger partial charge on any atom is -0.380 e. The molecule has 1 N–H and O–H groups in total. The van der Waals surface area contributed by atoms with Gasteiger partial charge in [0, 0.05) is 31.8 Å². The van der Waals surface area contributed by atoms with Crippen molar-refractivity contribution in [2.75, 3.05) is 38.2 Å². The lowest BCUT2D eigenvalue weighted by Crippen LogP contribution is -2.33. The summed E-state index contributed by atoms with van der Waals surface area (Å²) in [5.74, 6) is 0.633. The van der Waals surface area contributed by atoms with Crippen LogP contribution in [0.5, 0.6) is 0 Å². The maximum atomic E-state index is 12.5. The lowest BCUT2D eigenvalue weighted by Gasteiger charge is -2.20. The summed E-state index contributed by atoms with van der Waals surface area (Å²) in [6, 6.07) is 3.38. The Morgan fingerprint density at radius 3 is 3.10 bits per heavy atom. The first-order valence-electron chi connectivity index (χ1n) is 6.99. The van der Waals surface area contributed by atoms with E-state index in [-0.39, 0.29) is 5.91 Å². The van der Waals surface area contributed by atoms with Gasteiger partial charge < -0.3 is 15.0 Å². The van der Waals surface area contributed by atoms with Gasteiger partial charge in [0.15, 0.2) is 0 Å². The van der Waals surface area contributed by atoms with Crippen LogP contribution in [0.15, 0.2) is 12.1 Å². The molecule has 6 heteroatoms. The van der Waals surface area contributed by atoms with E-state index in [1.165, 1.54) is 0 Å². The molecule has 1 fully saturated rings. The highest BCUT2D eigenvalue weighted by molar-refractivity contribution is 6.29. The third kappa shape index (κ3) is 4.08. The highest BCUT2D eigenvalue weighted by atomic mass is 35.5. The Hall–Kier alpha value is -1.33. The minimum absolute atomic E-state index is 0.0145.